The molecule has 0 fully saturated rings. The lowest BCUT2D eigenvalue weighted by Gasteiger charge is -2.27. The molecule has 1 aromatic heterocycles. The Morgan fingerprint density at radius 2 is 2.12 bits per heavy atom. The van der Waals surface area contributed by atoms with Gasteiger partial charge in [0.05, 0.1) is 23.8 Å². The van der Waals surface area contributed by atoms with E-state index >= 15 is 0 Å². The average molecular weight is 493 g/mol. The number of hydroxylamine groups is 2. The van der Waals surface area contributed by atoms with Gasteiger partial charge in [0.25, 0.3) is 5.91 Å². The fourth-order valence-corrected chi connectivity index (χ4v) is 4.10. The first-order chi connectivity index (χ1) is 16.1. The molecular formula is C22H26ClFN6O4. The molecule has 182 valence electrons. The third-order valence-corrected chi connectivity index (χ3v) is 6.05. The van der Waals surface area contributed by atoms with Crippen molar-refractivity contribution in [2.45, 2.75) is 39.5 Å². The lowest BCUT2D eigenvalue weighted by molar-refractivity contribution is -0.149. The molecule has 2 aliphatic heterocycles. The Morgan fingerprint density at radius 1 is 1.35 bits per heavy atom. The van der Waals surface area contributed by atoms with Crippen LogP contribution >= 0.6 is 11.6 Å². The molecule has 0 saturated carbocycles. The van der Waals surface area contributed by atoms with E-state index in [2.05, 4.69) is 15.7 Å². The minimum Gasteiger partial charge on any atom is -0.353 e. The highest BCUT2D eigenvalue weighted by Gasteiger charge is 2.35. The summed E-state index contributed by atoms with van der Waals surface area (Å²) in [5.74, 6) is -1.22. The van der Waals surface area contributed by atoms with Crippen LogP contribution in [0.2, 0.25) is 5.02 Å². The van der Waals surface area contributed by atoms with Gasteiger partial charge in [0.15, 0.2) is 0 Å². The second-order valence-electron chi connectivity index (χ2n) is 8.62. The second kappa shape index (κ2) is 9.59. The summed E-state index contributed by atoms with van der Waals surface area (Å²) in [5.41, 5.74) is 2.13. The standard InChI is InChI=1S/C22H26ClFN6O4/c1-12(2)20(31)25-9-14-10-30-19(21(32)28(3)34-14)15-11-29(7-6-18(15)27-30)22(33)26-13-4-5-17(24)16(23)8-13/h4-5,8,12,14H,6-7,9-11H2,1-3H3,(H,25,31)(H,26,33). The third kappa shape index (κ3) is 4.85. The molecule has 0 spiro atoms. The third-order valence-electron chi connectivity index (χ3n) is 5.76. The topological polar surface area (TPSA) is 109 Å². The van der Waals surface area contributed by atoms with Crippen LogP contribution in [0.4, 0.5) is 14.9 Å². The van der Waals surface area contributed by atoms with Gasteiger partial charge in [-0.05, 0) is 18.2 Å². The quantitative estimate of drug-likeness (QED) is 0.681. The number of urea groups is 1. The van der Waals surface area contributed by atoms with Crippen molar-refractivity contribution < 1.29 is 23.6 Å². The number of nitrogens with zero attached hydrogens (tertiary/aromatic N) is 4. The van der Waals surface area contributed by atoms with Crippen LogP contribution in [0.5, 0.6) is 0 Å². The Labute approximate surface area is 200 Å². The zero-order valence-electron chi connectivity index (χ0n) is 19.1. The summed E-state index contributed by atoms with van der Waals surface area (Å²) < 4.78 is 15.0. The maximum Gasteiger partial charge on any atom is 0.322 e. The number of benzene rings is 1. The van der Waals surface area contributed by atoms with Gasteiger partial charge >= 0.3 is 6.03 Å². The maximum atomic E-state index is 13.4. The summed E-state index contributed by atoms with van der Waals surface area (Å²) >= 11 is 5.80. The molecule has 2 aliphatic rings. The summed E-state index contributed by atoms with van der Waals surface area (Å²) in [6.45, 7) is 4.68. The van der Waals surface area contributed by atoms with Crippen LogP contribution < -0.4 is 10.6 Å². The zero-order valence-corrected chi connectivity index (χ0v) is 19.9. The maximum absolute atomic E-state index is 13.4. The van der Waals surface area contributed by atoms with E-state index in [9.17, 15) is 18.8 Å². The molecule has 10 nitrogen and oxygen atoms in total. The van der Waals surface area contributed by atoms with Gasteiger partial charge in [0, 0.05) is 43.7 Å². The van der Waals surface area contributed by atoms with E-state index in [0.717, 1.165) is 10.8 Å². The number of nitrogens with one attached hydrogen (secondary N) is 2. The molecule has 2 aromatic rings. The Morgan fingerprint density at radius 3 is 2.82 bits per heavy atom. The smallest absolute Gasteiger partial charge is 0.322 e. The van der Waals surface area contributed by atoms with E-state index in [1.165, 1.54) is 25.2 Å². The van der Waals surface area contributed by atoms with Crippen molar-refractivity contribution in [2.24, 2.45) is 5.92 Å². The van der Waals surface area contributed by atoms with Crippen LogP contribution in [0.15, 0.2) is 18.2 Å². The monoisotopic (exact) mass is 492 g/mol. The number of fused-ring (bicyclic) bond motifs is 3. The van der Waals surface area contributed by atoms with Gasteiger partial charge < -0.3 is 15.5 Å². The first-order valence-electron chi connectivity index (χ1n) is 11.0. The van der Waals surface area contributed by atoms with Crippen LogP contribution in [0.1, 0.15) is 35.6 Å². The Kier molecular flexibility index (Phi) is 6.76. The highest BCUT2D eigenvalue weighted by Crippen LogP contribution is 2.27. The predicted octanol–water partition coefficient (Wildman–Crippen LogP) is 2.42. The van der Waals surface area contributed by atoms with E-state index in [1.54, 1.807) is 23.4 Å². The Balaban J connectivity index is 1.51. The summed E-state index contributed by atoms with van der Waals surface area (Å²) in [4.78, 5) is 45.1. The largest absolute Gasteiger partial charge is 0.353 e. The molecule has 1 aromatic carbocycles. The molecule has 1 unspecified atom stereocenters. The summed E-state index contributed by atoms with van der Waals surface area (Å²) in [7, 11) is 1.51. The highest BCUT2D eigenvalue weighted by molar-refractivity contribution is 6.31. The molecule has 3 heterocycles. The number of halogens is 2. The molecule has 2 N–H and O–H groups in total. The van der Waals surface area contributed by atoms with Crippen LogP contribution in [-0.4, -0.2) is 63.8 Å². The summed E-state index contributed by atoms with van der Waals surface area (Å²) in [6, 6.07) is 3.55. The molecule has 4 rings (SSSR count). The fraction of sp³-hybridized carbons (Fsp3) is 0.455. The van der Waals surface area contributed by atoms with Crippen LogP contribution in [-0.2, 0) is 29.1 Å². The molecule has 34 heavy (non-hydrogen) atoms. The molecule has 0 saturated heterocycles. The normalized spacial score (nSPS) is 17.8. The SMILES string of the molecule is CC(C)C(=O)NCC1Cn2nc3c(c2C(=O)N(C)O1)CN(C(=O)Nc1ccc(F)c(Cl)c1)CC3. The minimum atomic E-state index is -0.572. The van der Waals surface area contributed by atoms with E-state index in [1.807, 2.05) is 0 Å². The number of amides is 4. The number of anilines is 1. The van der Waals surface area contributed by atoms with E-state index in [0.29, 0.717) is 29.9 Å². The lowest BCUT2D eigenvalue weighted by atomic mass is 10.1. The Bertz CT molecular complexity index is 1140. The van der Waals surface area contributed by atoms with Crippen LogP contribution in [0.25, 0.3) is 0 Å². The minimum absolute atomic E-state index is 0.0894. The fourth-order valence-electron chi connectivity index (χ4n) is 3.91. The molecular weight excluding hydrogens is 467 g/mol. The van der Waals surface area contributed by atoms with Crippen molar-refractivity contribution in [3.63, 3.8) is 0 Å². The molecule has 12 heteroatoms. The zero-order chi connectivity index (χ0) is 24.6. The van der Waals surface area contributed by atoms with Crippen molar-refractivity contribution >= 4 is 35.1 Å². The van der Waals surface area contributed by atoms with Gasteiger partial charge in [-0.3, -0.25) is 19.1 Å². The van der Waals surface area contributed by atoms with Crippen molar-refractivity contribution in [1.29, 1.82) is 0 Å². The molecule has 4 amide bonds. The lowest BCUT2D eigenvalue weighted by Crippen LogP contribution is -2.41. The van der Waals surface area contributed by atoms with Gasteiger partial charge in [-0.1, -0.05) is 25.4 Å². The summed E-state index contributed by atoms with van der Waals surface area (Å²) in [5, 5.41) is 11.2. The molecule has 0 bridgehead atoms. The van der Waals surface area contributed by atoms with Gasteiger partial charge in [-0.15, -0.1) is 0 Å². The van der Waals surface area contributed by atoms with Crippen molar-refractivity contribution in [3.05, 3.63) is 46.0 Å². The van der Waals surface area contributed by atoms with Crippen molar-refractivity contribution in [1.82, 2.24) is 25.1 Å². The predicted molar refractivity (Wildman–Crippen MR) is 122 cm³/mol. The average Bonchev–Trinajstić information content (AvgIpc) is 3.10. The molecule has 0 radical (unpaired) electrons. The number of aromatic nitrogens is 2. The molecule has 0 aliphatic carbocycles. The first-order valence-corrected chi connectivity index (χ1v) is 11.3. The van der Waals surface area contributed by atoms with Crippen molar-refractivity contribution in [2.75, 3.05) is 25.5 Å². The highest BCUT2D eigenvalue weighted by atomic mass is 35.5. The number of carbonyl (C=O) groups excluding carboxylic acids is 3. The van der Waals surface area contributed by atoms with Crippen molar-refractivity contribution in [3.8, 4) is 0 Å². The van der Waals surface area contributed by atoms with Gasteiger partial charge in [0.2, 0.25) is 5.91 Å². The number of hydrogen-bond donors (Lipinski definition) is 2. The number of rotatable bonds is 4. The number of carbonyl (C=O) groups is 3. The van der Waals surface area contributed by atoms with Gasteiger partial charge in [-0.2, -0.15) is 5.10 Å². The molecule has 1 atom stereocenters. The number of hydrogen-bond acceptors (Lipinski definition) is 5. The van der Waals surface area contributed by atoms with E-state index in [-0.39, 0.29) is 42.4 Å². The van der Waals surface area contributed by atoms with Crippen LogP contribution in [0.3, 0.4) is 0 Å². The summed E-state index contributed by atoms with van der Waals surface area (Å²) in [6.07, 6.45) is -0.0126. The van der Waals surface area contributed by atoms with E-state index < -0.39 is 18.0 Å². The van der Waals surface area contributed by atoms with Gasteiger partial charge in [-0.25, -0.2) is 14.2 Å². The van der Waals surface area contributed by atoms with E-state index in [4.69, 9.17) is 16.4 Å². The first kappa shape index (κ1) is 24.0. The Hall–Kier alpha value is -3.18. The van der Waals surface area contributed by atoms with Crippen LogP contribution in [0, 0.1) is 11.7 Å². The van der Waals surface area contributed by atoms with Gasteiger partial charge in [0.1, 0.15) is 17.6 Å². The second-order valence-corrected chi connectivity index (χ2v) is 9.02.